The van der Waals surface area contributed by atoms with Crippen LogP contribution in [0.4, 0.5) is 24.9 Å². The van der Waals surface area contributed by atoms with E-state index in [-0.39, 0.29) is 5.95 Å². The summed E-state index contributed by atoms with van der Waals surface area (Å²) in [5, 5.41) is 8.66. The predicted molar refractivity (Wildman–Crippen MR) is 109 cm³/mol. The zero-order valence-corrected chi connectivity index (χ0v) is 16.9. The fourth-order valence-electron chi connectivity index (χ4n) is 4.02. The van der Waals surface area contributed by atoms with Crippen molar-refractivity contribution in [2.24, 2.45) is 0 Å². The summed E-state index contributed by atoms with van der Waals surface area (Å²) in [6, 6.07) is 6.16. The minimum Gasteiger partial charge on any atom is -0.475 e. The molecule has 0 aliphatic carbocycles. The number of piperazine rings is 1. The smallest absolute Gasteiger partial charge is 0.475 e. The molecular weight excluding hydrogens is 439 g/mol. The molecule has 5 rings (SSSR count). The fourth-order valence-corrected chi connectivity index (χ4v) is 4.19. The number of carbonyl (C=O) groups is 1. The third-order valence-corrected chi connectivity index (χ3v) is 5.64. The highest BCUT2D eigenvalue weighted by molar-refractivity contribution is 6.31. The quantitative estimate of drug-likeness (QED) is 0.571. The Hall–Kier alpha value is -2.79. The Balaban J connectivity index is 0.000000289. The van der Waals surface area contributed by atoms with E-state index in [0.29, 0.717) is 16.6 Å². The van der Waals surface area contributed by atoms with Crippen molar-refractivity contribution < 1.29 is 27.5 Å². The molecule has 1 aromatic carbocycles. The summed E-state index contributed by atoms with van der Waals surface area (Å²) in [6.45, 7) is 4.16. The Bertz CT molecular complexity index is 1140. The Morgan fingerprint density at radius 2 is 2.00 bits per heavy atom. The summed E-state index contributed by atoms with van der Waals surface area (Å²) in [5.41, 5.74) is 8.19. The van der Waals surface area contributed by atoms with Gasteiger partial charge in [0.2, 0.25) is 5.95 Å². The molecule has 12 heteroatoms. The van der Waals surface area contributed by atoms with Crippen molar-refractivity contribution in [1.29, 1.82) is 0 Å². The fraction of sp³-hybridized carbons (Fsp3) is 0.421. The van der Waals surface area contributed by atoms with E-state index in [1.165, 1.54) is 19.4 Å². The zero-order chi connectivity index (χ0) is 22.3. The predicted octanol–water partition coefficient (Wildman–Crippen LogP) is 3.53. The number of nitrogens with zero attached hydrogens (tertiary/aromatic N) is 4. The third-order valence-electron chi connectivity index (χ3n) is 5.40. The van der Waals surface area contributed by atoms with Gasteiger partial charge in [0.25, 0.3) is 0 Å². The van der Waals surface area contributed by atoms with Gasteiger partial charge in [0.1, 0.15) is 11.1 Å². The largest absolute Gasteiger partial charge is 0.490 e. The number of alkyl halides is 3. The molecule has 0 saturated carbocycles. The van der Waals surface area contributed by atoms with Gasteiger partial charge >= 0.3 is 12.1 Å². The van der Waals surface area contributed by atoms with Gasteiger partial charge < -0.3 is 20.2 Å². The summed E-state index contributed by atoms with van der Waals surface area (Å²) >= 11 is 6.13. The molecule has 2 aliphatic rings. The van der Waals surface area contributed by atoms with Crippen LogP contribution in [0.1, 0.15) is 12.8 Å². The molecule has 2 aliphatic heterocycles. The lowest BCUT2D eigenvalue weighted by molar-refractivity contribution is -0.192. The molecule has 0 amide bonds. The summed E-state index contributed by atoms with van der Waals surface area (Å²) in [7, 11) is 0. The normalized spacial score (nSPS) is 19.4. The Labute approximate surface area is 179 Å². The van der Waals surface area contributed by atoms with Crippen LogP contribution in [0.5, 0.6) is 0 Å². The number of furan rings is 1. The van der Waals surface area contributed by atoms with Gasteiger partial charge in [0.15, 0.2) is 11.4 Å². The van der Waals surface area contributed by atoms with Crippen molar-refractivity contribution in [3.63, 3.8) is 0 Å². The molecule has 166 valence electrons. The first-order chi connectivity index (χ1) is 14.6. The van der Waals surface area contributed by atoms with Gasteiger partial charge in [-0.15, -0.1) is 0 Å². The van der Waals surface area contributed by atoms with Crippen LogP contribution in [0.15, 0.2) is 22.6 Å². The van der Waals surface area contributed by atoms with Gasteiger partial charge in [0, 0.05) is 36.1 Å². The number of aliphatic carboxylic acids is 1. The monoisotopic (exact) mass is 457 g/mol. The molecule has 1 unspecified atom stereocenters. The van der Waals surface area contributed by atoms with E-state index in [0.717, 1.165) is 41.9 Å². The van der Waals surface area contributed by atoms with Crippen LogP contribution in [0, 0.1) is 0 Å². The SMILES string of the molecule is Nc1nc(N2CCN3CCCC3C2)c2oc3ccc(Cl)cc3c2n1.O=C(O)C(F)(F)F. The van der Waals surface area contributed by atoms with Gasteiger partial charge in [-0.25, -0.2) is 9.78 Å². The number of anilines is 2. The summed E-state index contributed by atoms with van der Waals surface area (Å²) < 4.78 is 37.8. The van der Waals surface area contributed by atoms with Crippen molar-refractivity contribution in [1.82, 2.24) is 14.9 Å². The summed E-state index contributed by atoms with van der Waals surface area (Å²) in [6.07, 6.45) is -2.56. The van der Waals surface area contributed by atoms with Gasteiger partial charge in [0.05, 0.1) is 0 Å². The number of rotatable bonds is 1. The van der Waals surface area contributed by atoms with Crippen molar-refractivity contribution in [3.8, 4) is 0 Å². The first-order valence-electron chi connectivity index (χ1n) is 9.58. The van der Waals surface area contributed by atoms with Gasteiger partial charge in [-0.3, -0.25) is 4.90 Å². The van der Waals surface area contributed by atoms with E-state index < -0.39 is 12.1 Å². The molecule has 0 radical (unpaired) electrons. The Morgan fingerprint density at radius 1 is 1.26 bits per heavy atom. The maximum Gasteiger partial charge on any atom is 0.490 e. The number of fused-ring (bicyclic) bond motifs is 4. The molecule has 3 N–H and O–H groups in total. The van der Waals surface area contributed by atoms with Gasteiger partial charge in [-0.1, -0.05) is 11.6 Å². The van der Waals surface area contributed by atoms with E-state index in [2.05, 4.69) is 19.8 Å². The molecule has 0 bridgehead atoms. The van der Waals surface area contributed by atoms with E-state index in [4.69, 9.17) is 31.7 Å². The Morgan fingerprint density at radius 3 is 2.71 bits per heavy atom. The van der Waals surface area contributed by atoms with Crippen LogP contribution < -0.4 is 10.6 Å². The number of benzene rings is 1. The van der Waals surface area contributed by atoms with E-state index in [1.54, 1.807) is 0 Å². The lowest BCUT2D eigenvalue weighted by Gasteiger charge is -2.38. The van der Waals surface area contributed by atoms with Crippen molar-refractivity contribution in [2.75, 3.05) is 36.8 Å². The molecular formula is C19H19ClF3N5O3. The first-order valence-corrected chi connectivity index (χ1v) is 9.95. The second kappa shape index (κ2) is 8.04. The van der Waals surface area contributed by atoms with Crippen LogP contribution in [0.2, 0.25) is 5.02 Å². The summed E-state index contributed by atoms with van der Waals surface area (Å²) in [5.74, 6) is -1.68. The summed E-state index contributed by atoms with van der Waals surface area (Å²) in [4.78, 5) is 22.7. The van der Waals surface area contributed by atoms with Crippen molar-refractivity contribution in [3.05, 3.63) is 23.2 Å². The average molecular weight is 458 g/mol. The van der Waals surface area contributed by atoms with Crippen LogP contribution in [0.3, 0.4) is 0 Å². The average Bonchev–Trinajstić information content (AvgIpc) is 3.31. The Kier molecular flexibility index (Phi) is 5.56. The molecule has 8 nitrogen and oxygen atoms in total. The van der Waals surface area contributed by atoms with Crippen molar-refractivity contribution in [2.45, 2.75) is 25.1 Å². The van der Waals surface area contributed by atoms with Crippen LogP contribution in [-0.4, -0.2) is 64.3 Å². The topological polar surface area (TPSA) is 109 Å². The highest BCUT2D eigenvalue weighted by Gasteiger charge is 2.38. The van der Waals surface area contributed by atoms with E-state index >= 15 is 0 Å². The molecule has 2 saturated heterocycles. The van der Waals surface area contributed by atoms with Gasteiger partial charge in [-0.05, 0) is 37.6 Å². The maximum absolute atomic E-state index is 10.6. The van der Waals surface area contributed by atoms with E-state index in [1.807, 2.05) is 18.2 Å². The maximum atomic E-state index is 10.6. The van der Waals surface area contributed by atoms with Crippen LogP contribution in [0.25, 0.3) is 22.1 Å². The second-order valence-electron chi connectivity index (χ2n) is 7.41. The first kappa shape index (κ1) is 21.4. The molecule has 3 aromatic rings. The van der Waals surface area contributed by atoms with E-state index in [9.17, 15) is 13.2 Å². The number of halogens is 4. The number of hydrogen-bond donors (Lipinski definition) is 2. The number of hydrogen-bond acceptors (Lipinski definition) is 7. The minimum atomic E-state index is -5.08. The molecule has 4 heterocycles. The van der Waals surface area contributed by atoms with Crippen LogP contribution >= 0.6 is 11.6 Å². The van der Waals surface area contributed by atoms with Crippen LogP contribution in [-0.2, 0) is 4.79 Å². The zero-order valence-electron chi connectivity index (χ0n) is 16.2. The molecule has 1 atom stereocenters. The molecule has 31 heavy (non-hydrogen) atoms. The van der Waals surface area contributed by atoms with Crippen molar-refractivity contribution >= 4 is 51.4 Å². The standard InChI is InChI=1S/C17H18ClN5O.C2HF3O2/c18-10-3-4-13-12(8-10)14-15(24-13)16(21-17(19)20-14)23-7-6-22-5-1-2-11(22)9-23;3-2(4,5)1(6)7/h3-4,8,11H,1-2,5-7,9H2,(H2,19,20,21);(H,6,7). The number of aromatic nitrogens is 2. The highest BCUT2D eigenvalue weighted by Crippen LogP contribution is 2.36. The number of nitrogens with two attached hydrogens (primary N) is 1. The number of carboxylic acid groups (broad SMARTS) is 1. The molecule has 2 fully saturated rings. The lowest BCUT2D eigenvalue weighted by Crippen LogP contribution is -2.50. The third kappa shape index (κ3) is 4.33. The second-order valence-corrected chi connectivity index (χ2v) is 7.84. The lowest BCUT2D eigenvalue weighted by atomic mass is 10.1. The molecule has 0 spiro atoms. The minimum absolute atomic E-state index is 0.272. The molecule has 2 aromatic heterocycles. The number of nitrogen functional groups attached to an aromatic ring is 1. The number of carboxylic acids is 1. The highest BCUT2D eigenvalue weighted by atomic mass is 35.5. The van der Waals surface area contributed by atoms with Gasteiger partial charge in [-0.2, -0.15) is 18.2 Å².